The molecule has 1 aliphatic carbocycles. The van der Waals surface area contributed by atoms with Crippen LogP contribution in [0.4, 0.5) is 0 Å². The van der Waals surface area contributed by atoms with Gasteiger partial charge in [0.1, 0.15) is 39.4 Å². The van der Waals surface area contributed by atoms with Gasteiger partial charge < -0.3 is 24.1 Å². The standard InChI is InChI=1S/C28H32N6O4S2/c1-17-32-34-13-21(30-27(34)40-17)24-12-20-22(10-19(36-4)11-23(20)38-24)37-15-18-16-39-26(29-18)28(8-6-5-7-9-28)31-25(35)14-33(2)3/h10-13,16H,5-9,14-15H2,1-4H3,(H,31,35). The number of hydrogen-bond acceptors (Lipinski definition) is 10. The van der Waals surface area contributed by atoms with Crippen molar-refractivity contribution in [3.8, 4) is 23.0 Å². The Labute approximate surface area is 239 Å². The minimum absolute atomic E-state index is 0.0258. The lowest BCUT2D eigenvalue weighted by Crippen LogP contribution is -2.49. The summed E-state index contributed by atoms with van der Waals surface area (Å²) < 4.78 is 19.7. The molecule has 1 saturated carbocycles. The lowest BCUT2D eigenvalue weighted by Gasteiger charge is -2.36. The van der Waals surface area contributed by atoms with E-state index in [0.717, 1.165) is 51.7 Å². The third-order valence-corrected chi connectivity index (χ3v) is 9.02. The van der Waals surface area contributed by atoms with Crippen molar-refractivity contribution in [3.05, 3.63) is 45.5 Å². The van der Waals surface area contributed by atoms with Gasteiger partial charge in [-0.15, -0.1) is 11.3 Å². The summed E-state index contributed by atoms with van der Waals surface area (Å²) in [6, 6.07) is 5.64. The van der Waals surface area contributed by atoms with E-state index in [1.165, 1.54) is 17.8 Å². The van der Waals surface area contributed by atoms with Gasteiger partial charge in [-0.05, 0) is 39.9 Å². The fourth-order valence-corrected chi connectivity index (χ4v) is 6.99. The van der Waals surface area contributed by atoms with Crippen LogP contribution in [-0.4, -0.2) is 58.1 Å². The number of amides is 1. The summed E-state index contributed by atoms with van der Waals surface area (Å²) in [5.41, 5.74) is 1.76. The maximum absolute atomic E-state index is 12.7. The van der Waals surface area contributed by atoms with Gasteiger partial charge in [-0.3, -0.25) is 4.79 Å². The SMILES string of the molecule is COc1cc(OCc2csc(C3(NC(=O)CN(C)C)CCCCC3)n2)c2cc(-c3cn4nc(C)sc4n3)oc2c1. The summed E-state index contributed by atoms with van der Waals surface area (Å²) in [5.74, 6) is 1.93. The molecule has 1 N–H and O–H groups in total. The van der Waals surface area contributed by atoms with E-state index in [4.69, 9.17) is 18.9 Å². The van der Waals surface area contributed by atoms with E-state index in [2.05, 4.69) is 15.4 Å². The van der Waals surface area contributed by atoms with E-state index >= 15 is 0 Å². The number of imidazole rings is 1. The van der Waals surface area contributed by atoms with Crippen molar-refractivity contribution in [2.24, 2.45) is 0 Å². The van der Waals surface area contributed by atoms with Crippen LogP contribution in [0, 0.1) is 6.92 Å². The predicted octanol–water partition coefficient (Wildman–Crippen LogP) is 5.39. The number of methoxy groups -OCH3 is 1. The molecule has 210 valence electrons. The number of carbonyl (C=O) groups excluding carboxylic acids is 1. The molecule has 0 aliphatic heterocycles. The monoisotopic (exact) mass is 580 g/mol. The molecule has 6 rings (SSSR count). The number of nitrogens with one attached hydrogen (secondary N) is 1. The minimum atomic E-state index is -0.414. The first-order valence-electron chi connectivity index (χ1n) is 13.3. The molecule has 40 heavy (non-hydrogen) atoms. The Hall–Kier alpha value is -3.48. The van der Waals surface area contributed by atoms with Crippen LogP contribution in [0.5, 0.6) is 11.5 Å². The van der Waals surface area contributed by atoms with Gasteiger partial charge in [0, 0.05) is 17.5 Å². The average Bonchev–Trinajstić information content (AvgIpc) is 3.70. The molecule has 0 bridgehead atoms. The van der Waals surface area contributed by atoms with Crippen LogP contribution in [0.1, 0.15) is 47.8 Å². The van der Waals surface area contributed by atoms with Crippen LogP contribution in [-0.2, 0) is 16.9 Å². The highest BCUT2D eigenvalue weighted by Crippen LogP contribution is 2.40. The molecule has 0 atom stereocenters. The number of ether oxygens (including phenoxy) is 2. The Bertz CT molecular complexity index is 1630. The first-order valence-corrected chi connectivity index (χ1v) is 15.0. The molecule has 1 fully saturated rings. The molecule has 0 spiro atoms. The zero-order valence-corrected chi connectivity index (χ0v) is 24.7. The van der Waals surface area contributed by atoms with Gasteiger partial charge in [0.15, 0.2) is 5.76 Å². The molecule has 0 unspecified atom stereocenters. The van der Waals surface area contributed by atoms with E-state index < -0.39 is 5.54 Å². The lowest BCUT2D eigenvalue weighted by molar-refractivity contribution is -0.124. The number of fused-ring (bicyclic) bond motifs is 2. The Kier molecular flexibility index (Phi) is 7.24. The van der Waals surface area contributed by atoms with Gasteiger partial charge >= 0.3 is 0 Å². The maximum Gasteiger partial charge on any atom is 0.234 e. The topological polar surface area (TPSA) is 107 Å². The van der Waals surface area contributed by atoms with Crippen LogP contribution in [0.2, 0.25) is 0 Å². The highest BCUT2D eigenvalue weighted by atomic mass is 32.1. The molecule has 4 heterocycles. The van der Waals surface area contributed by atoms with Gasteiger partial charge in [-0.25, -0.2) is 14.5 Å². The third-order valence-electron chi connectivity index (χ3n) is 7.09. The van der Waals surface area contributed by atoms with Crippen LogP contribution in [0.15, 0.2) is 34.2 Å². The third kappa shape index (κ3) is 5.30. The Morgan fingerprint density at radius 1 is 1.20 bits per heavy atom. The van der Waals surface area contributed by atoms with Crippen LogP contribution in [0.3, 0.4) is 0 Å². The second kappa shape index (κ2) is 10.8. The molecule has 0 radical (unpaired) electrons. The maximum atomic E-state index is 12.7. The van der Waals surface area contributed by atoms with Gasteiger partial charge in [-0.2, -0.15) is 5.10 Å². The number of thiazole rings is 1. The summed E-state index contributed by atoms with van der Waals surface area (Å²) in [6.45, 7) is 2.59. The largest absolute Gasteiger partial charge is 0.496 e. The summed E-state index contributed by atoms with van der Waals surface area (Å²) in [4.78, 5) is 25.0. The van der Waals surface area contributed by atoms with Crippen molar-refractivity contribution in [1.82, 2.24) is 29.8 Å². The smallest absolute Gasteiger partial charge is 0.234 e. The van der Waals surface area contributed by atoms with Crippen LogP contribution >= 0.6 is 22.7 Å². The number of likely N-dealkylation sites (N-methyl/N-ethyl adjacent to an activating group) is 1. The van der Waals surface area contributed by atoms with E-state index in [9.17, 15) is 4.79 Å². The summed E-state index contributed by atoms with van der Waals surface area (Å²) in [7, 11) is 5.42. The number of rotatable bonds is 9. The molecular formula is C28H32N6O4S2. The highest BCUT2D eigenvalue weighted by molar-refractivity contribution is 7.16. The molecule has 12 heteroatoms. The number of carbonyl (C=O) groups is 1. The molecule has 5 aromatic rings. The number of benzene rings is 1. The summed E-state index contributed by atoms with van der Waals surface area (Å²) >= 11 is 3.12. The van der Waals surface area contributed by atoms with Gasteiger partial charge in [0.25, 0.3) is 0 Å². The molecular weight excluding hydrogens is 548 g/mol. The molecule has 10 nitrogen and oxygen atoms in total. The quantitative estimate of drug-likeness (QED) is 0.247. The van der Waals surface area contributed by atoms with Crippen molar-refractivity contribution in [2.45, 2.75) is 51.2 Å². The second-order valence-corrected chi connectivity index (χ2v) is 12.5. The summed E-state index contributed by atoms with van der Waals surface area (Å²) in [6.07, 6.45) is 6.98. The average molecular weight is 581 g/mol. The van der Waals surface area contributed by atoms with Crippen molar-refractivity contribution in [1.29, 1.82) is 0 Å². The lowest BCUT2D eigenvalue weighted by atomic mass is 9.82. The van der Waals surface area contributed by atoms with Crippen molar-refractivity contribution in [2.75, 3.05) is 27.7 Å². The van der Waals surface area contributed by atoms with Gasteiger partial charge in [-0.1, -0.05) is 30.6 Å². The van der Waals surface area contributed by atoms with Crippen LogP contribution < -0.4 is 14.8 Å². The van der Waals surface area contributed by atoms with Gasteiger partial charge in [0.2, 0.25) is 10.9 Å². The van der Waals surface area contributed by atoms with E-state index in [0.29, 0.717) is 35.1 Å². The normalized spacial score (nSPS) is 15.2. The second-order valence-electron chi connectivity index (χ2n) is 10.5. The number of furan rings is 1. The first kappa shape index (κ1) is 26.7. The Morgan fingerprint density at radius 3 is 2.77 bits per heavy atom. The van der Waals surface area contributed by atoms with Crippen molar-refractivity contribution in [3.63, 3.8) is 0 Å². The first-order chi connectivity index (χ1) is 19.3. The minimum Gasteiger partial charge on any atom is -0.496 e. The zero-order chi connectivity index (χ0) is 27.9. The molecule has 1 amide bonds. The van der Waals surface area contributed by atoms with Crippen LogP contribution in [0.25, 0.3) is 27.4 Å². The Morgan fingerprint density at radius 2 is 2.02 bits per heavy atom. The Balaban J connectivity index is 1.24. The summed E-state index contributed by atoms with van der Waals surface area (Å²) in [5, 5.41) is 12.5. The predicted molar refractivity (Wildman–Crippen MR) is 155 cm³/mol. The van der Waals surface area contributed by atoms with Gasteiger partial charge in [0.05, 0.1) is 36.5 Å². The molecule has 0 saturated heterocycles. The molecule has 4 aromatic heterocycles. The number of aryl methyl sites for hydroxylation is 1. The molecule has 1 aromatic carbocycles. The fraction of sp³-hybridized carbons (Fsp3) is 0.429. The van der Waals surface area contributed by atoms with Crippen molar-refractivity contribution < 1.29 is 18.7 Å². The van der Waals surface area contributed by atoms with Crippen molar-refractivity contribution >= 4 is 44.5 Å². The number of hydrogen-bond donors (Lipinski definition) is 1. The van der Waals surface area contributed by atoms with E-state index in [1.807, 2.05) is 55.7 Å². The van der Waals surface area contributed by atoms with E-state index in [-0.39, 0.29) is 12.5 Å². The van der Waals surface area contributed by atoms with E-state index in [1.54, 1.807) is 23.0 Å². The number of aromatic nitrogens is 4. The molecule has 1 aliphatic rings. The fourth-order valence-electron chi connectivity index (χ4n) is 5.25. The zero-order valence-electron chi connectivity index (χ0n) is 23.0. The highest BCUT2D eigenvalue weighted by Gasteiger charge is 2.38. The number of nitrogens with zero attached hydrogens (tertiary/aromatic N) is 5.